The van der Waals surface area contributed by atoms with Crippen LogP contribution in [0.2, 0.25) is 0 Å². The first-order valence-electron chi connectivity index (χ1n) is 18.1. The highest BCUT2D eigenvalue weighted by molar-refractivity contribution is 5.18. The van der Waals surface area contributed by atoms with Crippen molar-refractivity contribution in [1.82, 2.24) is 5.06 Å². The number of benzene rings is 1. The molecule has 0 unspecified atom stereocenters. The number of hydrogen-bond donors (Lipinski definition) is 0. The van der Waals surface area contributed by atoms with Gasteiger partial charge in [-0.3, -0.25) is 0 Å². The van der Waals surface area contributed by atoms with Crippen LogP contribution in [0.1, 0.15) is 138 Å². The first kappa shape index (κ1) is 31.8. The van der Waals surface area contributed by atoms with Gasteiger partial charge in [0, 0.05) is 11.1 Å². The van der Waals surface area contributed by atoms with Crippen molar-refractivity contribution in [1.29, 1.82) is 0 Å². The minimum atomic E-state index is -0.298. The van der Waals surface area contributed by atoms with Gasteiger partial charge in [0.15, 0.2) is 0 Å². The van der Waals surface area contributed by atoms with E-state index in [0.717, 1.165) is 55.0 Å². The van der Waals surface area contributed by atoms with Gasteiger partial charge >= 0.3 is 0 Å². The Morgan fingerprint density at radius 2 is 1.53 bits per heavy atom. The quantitative estimate of drug-likeness (QED) is 0.297. The van der Waals surface area contributed by atoms with Gasteiger partial charge in [0.2, 0.25) is 0 Å². The fraction of sp³-hybridized carbons (Fsp3) is 0.800. The second kappa shape index (κ2) is 11.9. The van der Waals surface area contributed by atoms with E-state index < -0.39 is 0 Å². The average Bonchev–Trinajstić information content (AvgIpc) is 3.32. The van der Waals surface area contributed by atoms with Crippen molar-refractivity contribution in [3.05, 3.63) is 52.8 Å². The van der Waals surface area contributed by atoms with Crippen LogP contribution in [0.3, 0.4) is 0 Å². The van der Waals surface area contributed by atoms with Gasteiger partial charge in [-0.25, -0.2) is 0 Å². The lowest BCUT2D eigenvalue weighted by atomic mass is 9.44. The van der Waals surface area contributed by atoms with Gasteiger partial charge in [-0.1, -0.05) is 62.8 Å². The summed E-state index contributed by atoms with van der Waals surface area (Å²) in [5.41, 5.74) is 3.28. The van der Waals surface area contributed by atoms with E-state index >= 15 is 0 Å². The smallest absolute Gasteiger partial charge is 0.0720 e. The van der Waals surface area contributed by atoms with Crippen LogP contribution in [-0.4, -0.2) is 22.2 Å². The minimum absolute atomic E-state index is 0.298. The summed E-state index contributed by atoms with van der Waals surface area (Å²) < 4.78 is 6.50. The molecule has 1 saturated heterocycles. The summed E-state index contributed by atoms with van der Waals surface area (Å²) in [6, 6.07) is 10.7. The molecule has 9 atom stereocenters. The van der Waals surface area contributed by atoms with Crippen LogP contribution in [0.5, 0.6) is 0 Å². The van der Waals surface area contributed by atoms with Crippen molar-refractivity contribution >= 4 is 0 Å². The number of nitrogens with zero attached hydrogens (tertiary/aromatic N) is 1. The SMILES string of the molecule is C[C@H](CCC=C1CC(C)(C)N([O-])C(C)(C)C1)[C@H]1CC[C@H]2[C@@H]3CC[C@@H]4C[C@H](OCc5ccccc5)CC[C@]4(C)[C@H]3CC[C@]12C. The summed E-state index contributed by atoms with van der Waals surface area (Å²) >= 11 is 0. The Balaban J connectivity index is 1.05. The summed E-state index contributed by atoms with van der Waals surface area (Å²) in [4.78, 5) is 0. The van der Waals surface area contributed by atoms with Crippen LogP contribution < -0.4 is 0 Å². The molecule has 43 heavy (non-hydrogen) atoms. The molecule has 0 N–H and O–H groups in total. The van der Waals surface area contributed by atoms with E-state index in [-0.39, 0.29) is 11.1 Å². The van der Waals surface area contributed by atoms with E-state index in [4.69, 9.17) is 4.74 Å². The van der Waals surface area contributed by atoms with Gasteiger partial charge in [-0.05, 0) is 163 Å². The number of fused-ring (bicyclic) bond motifs is 5. The van der Waals surface area contributed by atoms with Crippen LogP contribution in [0.25, 0.3) is 0 Å². The second-order valence-electron chi connectivity index (χ2n) is 17.8. The van der Waals surface area contributed by atoms with Gasteiger partial charge < -0.3 is 15.0 Å². The van der Waals surface area contributed by atoms with Crippen molar-refractivity contribution < 1.29 is 4.74 Å². The first-order chi connectivity index (χ1) is 20.3. The summed E-state index contributed by atoms with van der Waals surface area (Å²) in [5.74, 6) is 5.32. The molecule has 5 aliphatic rings. The van der Waals surface area contributed by atoms with Gasteiger partial charge in [-0.15, -0.1) is 0 Å². The van der Waals surface area contributed by atoms with Crippen molar-refractivity contribution in [3.8, 4) is 0 Å². The van der Waals surface area contributed by atoms with Gasteiger partial charge in [0.25, 0.3) is 0 Å². The third-order valence-corrected chi connectivity index (χ3v) is 14.2. The number of allylic oxidation sites excluding steroid dienone is 1. The topological polar surface area (TPSA) is 35.5 Å². The zero-order valence-electron chi connectivity index (χ0n) is 28.7. The highest BCUT2D eigenvalue weighted by atomic mass is 16.5. The first-order valence-corrected chi connectivity index (χ1v) is 18.1. The molecular formula is C40H62NO2-. The molecule has 4 saturated carbocycles. The van der Waals surface area contributed by atoms with Crippen molar-refractivity contribution in [3.63, 3.8) is 0 Å². The lowest BCUT2D eigenvalue weighted by Crippen LogP contribution is -2.55. The van der Waals surface area contributed by atoms with E-state index in [1.807, 2.05) is 0 Å². The number of ether oxygens (including phenoxy) is 1. The summed E-state index contributed by atoms with van der Waals surface area (Å²) in [6.07, 6.45) is 19.9. The predicted molar refractivity (Wildman–Crippen MR) is 179 cm³/mol. The predicted octanol–water partition coefficient (Wildman–Crippen LogP) is 10.7. The molecule has 3 heteroatoms. The average molecular weight is 589 g/mol. The summed E-state index contributed by atoms with van der Waals surface area (Å²) in [7, 11) is 0. The highest BCUT2D eigenvalue weighted by Gasteiger charge is 2.60. The number of rotatable bonds is 7. The normalized spacial score (nSPS) is 41.2. The molecule has 0 bridgehead atoms. The molecule has 5 fully saturated rings. The molecule has 0 aromatic heterocycles. The maximum Gasteiger partial charge on any atom is 0.0720 e. The zero-order valence-corrected chi connectivity index (χ0v) is 28.7. The Morgan fingerprint density at radius 3 is 2.26 bits per heavy atom. The Morgan fingerprint density at radius 1 is 0.860 bits per heavy atom. The van der Waals surface area contributed by atoms with E-state index in [1.165, 1.54) is 86.8 Å². The molecule has 1 aromatic rings. The van der Waals surface area contributed by atoms with E-state index in [0.29, 0.717) is 16.9 Å². The van der Waals surface area contributed by atoms with Crippen LogP contribution in [0.4, 0.5) is 0 Å². The minimum Gasteiger partial charge on any atom is -0.784 e. The maximum atomic E-state index is 12.8. The van der Waals surface area contributed by atoms with Crippen molar-refractivity contribution in [2.24, 2.45) is 46.3 Å². The van der Waals surface area contributed by atoms with Gasteiger partial charge in [0.05, 0.1) is 12.7 Å². The molecule has 0 spiro atoms. The van der Waals surface area contributed by atoms with Crippen molar-refractivity contribution in [2.75, 3.05) is 0 Å². The molecule has 1 aromatic carbocycles. The fourth-order valence-electron chi connectivity index (χ4n) is 12.2. The molecule has 1 heterocycles. The monoisotopic (exact) mass is 588 g/mol. The molecular weight excluding hydrogens is 526 g/mol. The number of hydroxylamine groups is 2. The van der Waals surface area contributed by atoms with E-state index in [1.54, 1.807) is 0 Å². The lowest BCUT2D eigenvalue weighted by molar-refractivity contribution is -0.138. The van der Waals surface area contributed by atoms with E-state index in [9.17, 15) is 5.21 Å². The van der Waals surface area contributed by atoms with Crippen LogP contribution in [0, 0.1) is 51.5 Å². The third-order valence-electron chi connectivity index (χ3n) is 14.2. The highest BCUT2D eigenvalue weighted by Crippen LogP contribution is 2.68. The Labute approximate surface area is 264 Å². The Bertz CT molecular complexity index is 1120. The lowest BCUT2D eigenvalue weighted by Gasteiger charge is -2.61. The summed E-state index contributed by atoms with van der Waals surface area (Å²) in [6.45, 7) is 17.2. The largest absolute Gasteiger partial charge is 0.784 e. The molecule has 0 amide bonds. The molecule has 0 radical (unpaired) electrons. The number of piperidine rings is 1. The van der Waals surface area contributed by atoms with Crippen LogP contribution in [0.15, 0.2) is 42.0 Å². The van der Waals surface area contributed by atoms with Crippen LogP contribution in [-0.2, 0) is 11.3 Å². The van der Waals surface area contributed by atoms with Crippen LogP contribution >= 0.6 is 0 Å². The zero-order chi connectivity index (χ0) is 30.6. The molecule has 1 aliphatic heterocycles. The standard InChI is InChI=1S/C40H62NO2/c1-28(12-11-15-30-25-37(2,3)41(42)38(4,5)26-30)34-18-19-35-33-17-16-31-24-32(43-27-29-13-9-8-10-14-29)20-22-39(31,6)36(33)21-23-40(34,35)7/h8-10,13-15,28,31-36H,11-12,16-27H2,1-7H3/q-1/t28-,31-,32-,33+,34-,35+,36+,39+,40-/m1/s1. The maximum absolute atomic E-state index is 12.8. The van der Waals surface area contributed by atoms with E-state index in [2.05, 4.69) is 84.9 Å². The Kier molecular flexibility index (Phi) is 8.79. The molecule has 3 nitrogen and oxygen atoms in total. The fourth-order valence-corrected chi connectivity index (χ4v) is 12.2. The Hall–Kier alpha value is -1.16. The third kappa shape index (κ3) is 5.94. The van der Waals surface area contributed by atoms with Gasteiger partial charge in [-0.2, -0.15) is 0 Å². The molecule has 6 rings (SSSR count). The van der Waals surface area contributed by atoms with Crippen molar-refractivity contribution in [2.45, 2.75) is 156 Å². The second-order valence-corrected chi connectivity index (χ2v) is 17.8. The summed E-state index contributed by atoms with van der Waals surface area (Å²) in [5, 5.41) is 14.2. The molecule has 4 aliphatic carbocycles. The number of hydrogen-bond acceptors (Lipinski definition) is 3. The van der Waals surface area contributed by atoms with Gasteiger partial charge in [0.1, 0.15) is 0 Å². The molecule has 240 valence electrons.